The number of rotatable bonds is 5. The molecule has 5 nitrogen and oxygen atoms in total. The predicted molar refractivity (Wildman–Crippen MR) is 70.7 cm³/mol. The van der Waals surface area contributed by atoms with Crippen molar-refractivity contribution in [2.24, 2.45) is 12.8 Å². The fourth-order valence-corrected chi connectivity index (χ4v) is 2.03. The summed E-state index contributed by atoms with van der Waals surface area (Å²) in [7, 11) is 4.05. The van der Waals surface area contributed by atoms with Crippen LogP contribution in [0.25, 0.3) is 0 Å². The van der Waals surface area contributed by atoms with Crippen molar-refractivity contribution in [2.45, 2.75) is 12.6 Å². The van der Waals surface area contributed by atoms with E-state index < -0.39 is 0 Å². The van der Waals surface area contributed by atoms with Crippen LogP contribution < -0.4 is 5.73 Å². The van der Waals surface area contributed by atoms with Crippen molar-refractivity contribution in [2.75, 3.05) is 13.6 Å². The maximum absolute atomic E-state index is 5.88. The van der Waals surface area contributed by atoms with Gasteiger partial charge in [0.1, 0.15) is 5.82 Å². The number of likely N-dealkylation sites (N-methyl/N-ethyl adjacent to an activating group) is 1. The first-order valence-corrected chi connectivity index (χ1v) is 5.98. The highest BCUT2D eigenvalue weighted by Gasteiger charge is 2.16. The first-order valence-electron chi connectivity index (χ1n) is 5.98. The number of hydrogen-bond donors (Lipinski definition) is 1. The molecule has 2 aromatic heterocycles. The minimum Gasteiger partial charge on any atom is -0.337 e. The van der Waals surface area contributed by atoms with Gasteiger partial charge in [0.05, 0.1) is 6.54 Å². The molecule has 0 aliphatic heterocycles. The second-order valence-corrected chi connectivity index (χ2v) is 4.41. The first-order chi connectivity index (χ1) is 8.72. The van der Waals surface area contributed by atoms with E-state index in [4.69, 9.17) is 5.73 Å². The number of nitrogens with zero attached hydrogens (tertiary/aromatic N) is 4. The standard InChI is InChI=1S/C13H19N5/c1-17-7-6-16-13(17)10-18(2)12(8-14)11-4-3-5-15-9-11/h3-7,9,12H,8,10,14H2,1-2H3. The summed E-state index contributed by atoms with van der Waals surface area (Å²) in [5.74, 6) is 1.03. The molecule has 0 aromatic carbocycles. The minimum atomic E-state index is 0.162. The van der Waals surface area contributed by atoms with Crippen molar-refractivity contribution in [3.05, 3.63) is 48.3 Å². The quantitative estimate of drug-likeness (QED) is 0.852. The molecule has 2 aromatic rings. The molecule has 0 fully saturated rings. The van der Waals surface area contributed by atoms with Crippen LogP contribution in [-0.4, -0.2) is 33.0 Å². The SMILES string of the molecule is CN(Cc1nccn1C)C(CN)c1cccnc1. The van der Waals surface area contributed by atoms with E-state index >= 15 is 0 Å². The third-order valence-corrected chi connectivity index (χ3v) is 3.14. The molecule has 0 spiro atoms. The fraction of sp³-hybridized carbons (Fsp3) is 0.385. The zero-order valence-electron chi connectivity index (χ0n) is 10.8. The van der Waals surface area contributed by atoms with Crippen LogP contribution >= 0.6 is 0 Å². The van der Waals surface area contributed by atoms with Gasteiger partial charge >= 0.3 is 0 Å². The van der Waals surface area contributed by atoms with Crippen LogP contribution in [0, 0.1) is 0 Å². The van der Waals surface area contributed by atoms with Crippen LogP contribution in [0.3, 0.4) is 0 Å². The van der Waals surface area contributed by atoms with Crippen LogP contribution in [0.2, 0.25) is 0 Å². The molecule has 18 heavy (non-hydrogen) atoms. The number of imidazole rings is 1. The molecule has 0 saturated heterocycles. The van der Waals surface area contributed by atoms with Crippen LogP contribution in [0.5, 0.6) is 0 Å². The van der Waals surface area contributed by atoms with Crippen LogP contribution in [0.15, 0.2) is 36.9 Å². The molecule has 2 rings (SSSR count). The van der Waals surface area contributed by atoms with E-state index in [2.05, 4.69) is 28.0 Å². The van der Waals surface area contributed by atoms with E-state index in [9.17, 15) is 0 Å². The van der Waals surface area contributed by atoms with E-state index in [0.717, 1.165) is 17.9 Å². The molecule has 0 bridgehead atoms. The summed E-state index contributed by atoms with van der Waals surface area (Å²) in [5, 5.41) is 0. The molecular formula is C13H19N5. The van der Waals surface area contributed by atoms with E-state index in [0.29, 0.717) is 6.54 Å². The normalized spacial score (nSPS) is 12.9. The third-order valence-electron chi connectivity index (χ3n) is 3.14. The average molecular weight is 245 g/mol. The van der Waals surface area contributed by atoms with Gasteiger partial charge in [-0.05, 0) is 18.7 Å². The summed E-state index contributed by atoms with van der Waals surface area (Å²) in [5.41, 5.74) is 7.01. The highest BCUT2D eigenvalue weighted by Crippen LogP contribution is 2.18. The molecule has 0 aliphatic carbocycles. The Labute approximate surface area is 107 Å². The van der Waals surface area contributed by atoms with E-state index in [1.807, 2.05) is 36.3 Å². The van der Waals surface area contributed by atoms with Crippen molar-refractivity contribution in [3.63, 3.8) is 0 Å². The monoisotopic (exact) mass is 245 g/mol. The smallest absolute Gasteiger partial charge is 0.122 e. The summed E-state index contributed by atoms with van der Waals surface area (Å²) >= 11 is 0. The van der Waals surface area contributed by atoms with Crippen molar-refractivity contribution in [1.82, 2.24) is 19.4 Å². The van der Waals surface area contributed by atoms with Gasteiger partial charge in [0.25, 0.3) is 0 Å². The zero-order valence-corrected chi connectivity index (χ0v) is 10.8. The Morgan fingerprint density at radius 3 is 2.83 bits per heavy atom. The Morgan fingerprint density at radius 1 is 1.44 bits per heavy atom. The Balaban J connectivity index is 2.11. The number of aryl methyl sites for hydroxylation is 1. The van der Waals surface area contributed by atoms with Gasteiger partial charge in [0.2, 0.25) is 0 Å². The first kappa shape index (κ1) is 12.7. The predicted octanol–water partition coefficient (Wildman–Crippen LogP) is 0.947. The molecule has 0 amide bonds. The summed E-state index contributed by atoms with van der Waals surface area (Å²) in [4.78, 5) is 10.7. The lowest BCUT2D eigenvalue weighted by molar-refractivity contribution is 0.233. The second kappa shape index (κ2) is 5.75. The lowest BCUT2D eigenvalue weighted by Gasteiger charge is -2.26. The van der Waals surface area contributed by atoms with Gasteiger partial charge in [-0.25, -0.2) is 4.98 Å². The van der Waals surface area contributed by atoms with Gasteiger partial charge in [0, 0.05) is 44.4 Å². The van der Waals surface area contributed by atoms with Crippen molar-refractivity contribution >= 4 is 0 Å². The molecule has 1 unspecified atom stereocenters. The molecule has 2 N–H and O–H groups in total. The second-order valence-electron chi connectivity index (χ2n) is 4.41. The van der Waals surface area contributed by atoms with Crippen molar-refractivity contribution < 1.29 is 0 Å². The zero-order chi connectivity index (χ0) is 13.0. The number of nitrogens with two attached hydrogens (primary N) is 1. The summed E-state index contributed by atoms with van der Waals surface area (Å²) in [6, 6.07) is 4.15. The number of pyridine rings is 1. The van der Waals surface area contributed by atoms with Crippen LogP contribution in [-0.2, 0) is 13.6 Å². The molecule has 0 aliphatic rings. The fourth-order valence-electron chi connectivity index (χ4n) is 2.03. The number of aromatic nitrogens is 3. The molecular weight excluding hydrogens is 226 g/mol. The minimum absolute atomic E-state index is 0.162. The summed E-state index contributed by atoms with van der Waals surface area (Å²) in [6.45, 7) is 1.33. The third kappa shape index (κ3) is 2.75. The van der Waals surface area contributed by atoms with E-state index in [1.165, 1.54) is 0 Å². The lowest BCUT2D eigenvalue weighted by Crippen LogP contribution is -2.31. The van der Waals surface area contributed by atoms with Gasteiger partial charge in [-0.1, -0.05) is 6.07 Å². The lowest BCUT2D eigenvalue weighted by atomic mass is 10.1. The average Bonchev–Trinajstić information content (AvgIpc) is 2.77. The molecule has 1 atom stereocenters. The summed E-state index contributed by atoms with van der Waals surface area (Å²) < 4.78 is 2.02. The highest BCUT2D eigenvalue weighted by atomic mass is 15.2. The summed E-state index contributed by atoms with van der Waals surface area (Å²) in [6.07, 6.45) is 7.40. The molecule has 2 heterocycles. The molecule has 0 radical (unpaired) electrons. The van der Waals surface area contributed by atoms with Crippen LogP contribution in [0.1, 0.15) is 17.4 Å². The molecule has 96 valence electrons. The van der Waals surface area contributed by atoms with E-state index in [-0.39, 0.29) is 6.04 Å². The largest absolute Gasteiger partial charge is 0.337 e. The topological polar surface area (TPSA) is 60.0 Å². The van der Waals surface area contributed by atoms with Crippen molar-refractivity contribution in [3.8, 4) is 0 Å². The Kier molecular flexibility index (Phi) is 4.07. The van der Waals surface area contributed by atoms with E-state index in [1.54, 1.807) is 6.20 Å². The Morgan fingerprint density at radius 2 is 2.28 bits per heavy atom. The molecule has 0 saturated carbocycles. The van der Waals surface area contributed by atoms with Gasteiger partial charge in [0.15, 0.2) is 0 Å². The van der Waals surface area contributed by atoms with Crippen molar-refractivity contribution in [1.29, 1.82) is 0 Å². The molecule has 5 heteroatoms. The number of hydrogen-bond acceptors (Lipinski definition) is 4. The highest BCUT2D eigenvalue weighted by molar-refractivity contribution is 5.14. The van der Waals surface area contributed by atoms with Gasteiger partial charge in [-0.2, -0.15) is 0 Å². The van der Waals surface area contributed by atoms with Gasteiger partial charge in [-0.15, -0.1) is 0 Å². The maximum atomic E-state index is 5.88. The van der Waals surface area contributed by atoms with Crippen LogP contribution in [0.4, 0.5) is 0 Å². The Hall–Kier alpha value is -1.72. The maximum Gasteiger partial charge on any atom is 0.122 e. The van der Waals surface area contributed by atoms with Gasteiger partial charge < -0.3 is 10.3 Å². The Bertz CT molecular complexity index is 479. The van der Waals surface area contributed by atoms with Gasteiger partial charge in [-0.3, -0.25) is 9.88 Å².